The highest BCUT2D eigenvalue weighted by Crippen LogP contribution is 2.13. The molecule has 0 bridgehead atoms. The summed E-state index contributed by atoms with van der Waals surface area (Å²) in [6.45, 7) is 3.58. The molecule has 0 aliphatic rings. The van der Waals surface area contributed by atoms with E-state index in [1.165, 1.54) is 18.2 Å². The fourth-order valence-electron chi connectivity index (χ4n) is 1.12. The summed E-state index contributed by atoms with van der Waals surface area (Å²) in [4.78, 5) is 21.6. The molecule has 0 aliphatic heterocycles. The third-order valence-corrected chi connectivity index (χ3v) is 1.93. The summed E-state index contributed by atoms with van der Waals surface area (Å²) in [5, 5.41) is 10.5. The number of nitro benzene ring substituents is 1. The molecule has 0 N–H and O–H groups in total. The van der Waals surface area contributed by atoms with Crippen molar-refractivity contribution < 1.29 is 14.5 Å². The first-order chi connectivity index (χ1) is 7.50. The molecule has 1 aromatic rings. The third kappa shape index (κ3) is 3.43. The second-order valence-electron chi connectivity index (χ2n) is 3.59. The monoisotopic (exact) mass is 223 g/mol. The number of Topliss-reactive ketones (excluding diaryl/α,β-unsaturated/α-hetero) is 1. The molecular weight excluding hydrogens is 210 g/mol. The van der Waals surface area contributed by atoms with Gasteiger partial charge in [0.15, 0.2) is 5.78 Å². The number of carbonyl (C=O) groups excluding carboxylic acids is 1. The number of hydrogen-bond donors (Lipinski definition) is 0. The molecule has 86 valence electrons. The average molecular weight is 223 g/mol. The van der Waals surface area contributed by atoms with Gasteiger partial charge in [0.05, 0.1) is 11.0 Å². The Kier molecular flexibility index (Phi) is 4.13. The number of nitro groups is 1. The van der Waals surface area contributed by atoms with Crippen molar-refractivity contribution in [3.05, 3.63) is 39.9 Å². The zero-order valence-corrected chi connectivity index (χ0v) is 9.17. The quantitative estimate of drug-likeness (QED) is 0.436. The maximum Gasteiger partial charge on any atom is 0.270 e. The summed E-state index contributed by atoms with van der Waals surface area (Å²) < 4.78 is 5.14. The van der Waals surface area contributed by atoms with E-state index in [1.807, 2.05) is 13.8 Å². The molecule has 0 heterocycles. The van der Waals surface area contributed by atoms with Crippen molar-refractivity contribution in [3.63, 3.8) is 0 Å². The number of ketones is 1. The number of non-ortho nitro benzene ring substituents is 1. The Morgan fingerprint density at radius 3 is 2.75 bits per heavy atom. The fourth-order valence-corrected chi connectivity index (χ4v) is 1.12. The van der Waals surface area contributed by atoms with Crippen molar-refractivity contribution in [3.8, 4) is 0 Å². The summed E-state index contributed by atoms with van der Waals surface area (Å²) >= 11 is 0. The Morgan fingerprint density at radius 1 is 1.50 bits per heavy atom. The average Bonchev–Trinajstić information content (AvgIpc) is 2.26. The lowest BCUT2D eigenvalue weighted by Gasteiger charge is -2.06. The van der Waals surface area contributed by atoms with Gasteiger partial charge in [0, 0.05) is 17.7 Å². The van der Waals surface area contributed by atoms with Crippen molar-refractivity contribution in [1.82, 2.24) is 0 Å². The van der Waals surface area contributed by atoms with Crippen LogP contribution in [0, 0.1) is 10.1 Å². The molecule has 0 fully saturated rings. The summed E-state index contributed by atoms with van der Waals surface area (Å²) in [5.41, 5.74) is 0.213. The van der Waals surface area contributed by atoms with Crippen LogP contribution in [-0.4, -0.2) is 23.4 Å². The normalized spacial score (nSPS) is 10.4. The SMILES string of the molecule is CC(C)OCC(=O)c1cccc([N+](=O)[O-])c1. The molecule has 0 saturated heterocycles. The van der Waals surface area contributed by atoms with E-state index in [2.05, 4.69) is 0 Å². The van der Waals surface area contributed by atoms with Crippen LogP contribution >= 0.6 is 0 Å². The molecule has 1 aromatic carbocycles. The minimum atomic E-state index is -0.528. The van der Waals surface area contributed by atoms with E-state index < -0.39 is 4.92 Å². The zero-order valence-electron chi connectivity index (χ0n) is 9.17. The predicted octanol–water partition coefficient (Wildman–Crippen LogP) is 2.20. The molecule has 0 spiro atoms. The molecule has 5 heteroatoms. The van der Waals surface area contributed by atoms with E-state index in [0.29, 0.717) is 5.56 Å². The Labute approximate surface area is 93.2 Å². The van der Waals surface area contributed by atoms with Crippen LogP contribution in [0.5, 0.6) is 0 Å². The summed E-state index contributed by atoms with van der Waals surface area (Å²) in [5.74, 6) is -0.252. The summed E-state index contributed by atoms with van der Waals surface area (Å²) in [6, 6.07) is 5.63. The van der Waals surface area contributed by atoms with Crippen molar-refractivity contribution in [2.24, 2.45) is 0 Å². The van der Waals surface area contributed by atoms with Crippen molar-refractivity contribution in [2.75, 3.05) is 6.61 Å². The number of ether oxygens (including phenoxy) is 1. The second kappa shape index (κ2) is 5.37. The molecule has 0 aliphatic carbocycles. The minimum absolute atomic E-state index is 0.0392. The maximum absolute atomic E-state index is 11.6. The van der Waals surface area contributed by atoms with Gasteiger partial charge in [-0.05, 0) is 13.8 Å². The van der Waals surface area contributed by atoms with E-state index in [-0.39, 0.29) is 24.2 Å². The molecule has 0 atom stereocenters. The number of carbonyl (C=O) groups is 1. The lowest BCUT2D eigenvalue weighted by atomic mass is 10.1. The van der Waals surface area contributed by atoms with Crippen molar-refractivity contribution in [2.45, 2.75) is 20.0 Å². The fraction of sp³-hybridized carbons (Fsp3) is 0.364. The van der Waals surface area contributed by atoms with Crippen LogP contribution in [0.15, 0.2) is 24.3 Å². The van der Waals surface area contributed by atoms with Gasteiger partial charge in [0.1, 0.15) is 6.61 Å². The van der Waals surface area contributed by atoms with Crippen LogP contribution < -0.4 is 0 Å². The Hall–Kier alpha value is -1.75. The van der Waals surface area contributed by atoms with Gasteiger partial charge in [-0.1, -0.05) is 12.1 Å². The van der Waals surface area contributed by atoms with Gasteiger partial charge in [0.25, 0.3) is 5.69 Å². The maximum atomic E-state index is 11.6. The number of benzene rings is 1. The van der Waals surface area contributed by atoms with Gasteiger partial charge in [-0.25, -0.2) is 0 Å². The summed E-state index contributed by atoms with van der Waals surface area (Å²) in [7, 11) is 0. The van der Waals surface area contributed by atoms with E-state index in [0.717, 1.165) is 0 Å². The van der Waals surface area contributed by atoms with E-state index in [9.17, 15) is 14.9 Å². The van der Waals surface area contributed by atoms with Crippen LogP contribution in [0.1, 0.15) is 24.2 Å². The molecule has 0 amide bonds. The predicted molar refractivity (Wildman–Crippen MR) is 58.5 cm³/mol. The van der Waals surface area contributed by atoms with Gasteiger partial charge >= 0.3 is 0 Å². The Balaban J connectivity index is 2.76. The van der Waals surface area contributed by atoms with Crippen LogP contribution in [0.25, 0.3) is 0 Å². The third-order valence-electron chi connectivity index (χ3n) is 1.93. The van der Waals surface area contributed by atoms with Gasteiger partial charge < -0.3 is 4.74 Å². The van der Waals surface area contributed by atoms with Crippen molar-refractivity contribution >= 4 is 11.5 Å². The molecule has 1 rings (SSSR count). The molecule has 16 heavy (non-hydrogen) atoms. The van der Waals surface area contributed by atoms with E-state index in [1.54, 1.807) is 6.07 Å². The lowest BCUT2D eigenvalue weighted by molar-refractivity contribution is -0.384. The second-order valence-corrected chi connectivity index (χ2v) is 3.59. The van der Waals surface area contributed by atoms with Crippen LogP contribution in [0.3, 0.4) is 0 Å². The number of hydrogen-bond acceptors (Lipinski definition) is 4. The van der Waals surface area contributed by atoms with E-state index in [4.69, 9.17) is 4.74 Å². The van der Waals surface area contributed by atoms with Crippen molar-refractivity contribution in [1.29, 1.82) is 0 Å². The summed E-state index contributed by atoms with van der Waals surface area (Å²) in [6.07, 6.45) is -0.0392. The van der Waals surface area contributed by atoms with Gasteiger partial charge in [-0.2, -0.15) is 0 Å². The molecule has 0 unspecified atom stereocenters. The molecule has 0 radical (unpaired) electrons. The largest absolute Gasteiger partial charge is 0.371 e. The first-order valence-electron chi connectivity index (χ1n) is 4.90. The lowest BCUT2D eigenvalue weighted by Crippen LogP contribution is -2.13. The van der Waals surface area contributed by atoms with Gasteiger partial charge in [0.2, 0.25) is 0 Å². The first-order valence-corrected chi connectivity index (χ1v) is 4.90. The molecule has 0 aromatic heterocycles. The standard InChI is InChI=1S/C11H13NO4/c1-8(2)16-7-11(13)9-4-3-5-10(6-9)12(14)15/h3-6,8H,7H2,1-2H3. The molecular formula is C11H13NO4. The smallest absolute Gasteiger partial charge is 0.270 e. The molecule has 0 saturated carbocycles. The highest BCUT2D eigenvalue weighted by molar-refractivity contribution is 5.97. The van der Waals surface area contributed by atoms with Gasteiger partial charge in [-0.3, -0.25) is 14.9 Å². The van der Waals surface area contributed by atoms with Crippen LogP contribution in [-0.2, 0) is 4.74 Å². The first kappa shape index (κ1) is 12.3. The minimum Gasteiger partial charge on any atom is -0.371 e. The van der Waals surface area contributed by atoms with E-state index >= 15 is 0 Å². The number of nitrogens with zero attached hydrogens (tertiary/aromatic N) is 1. The Bertz CT molecular complexity index is 401. The van der Waals surface area contributed by atoms with Crippen LogP contribution in [0.2, 0.25) is 0 Å². The molecule has 5 nitrogen and oxygen atoms in total. The van der Waals surface area contributed by atoms with Crippen LogP contribution in [0.4, 0.5) is 5.69 Å². The highest BCUT2D eigenvalue weighted by atomic mass is 16.6. The zero-order chi connectivity index (χ0) is 12.1. The topological polar surface area (TPSA) is 69.4 Å². The van der Waals surface area contributed by atoms with Gasteiger partial charge in [-0.15, -0.1) is 0 Å². The number of rotatable bonds is 5. The highest BCUT2D eigenvalue weighted by Gasteiger charge is 2.11. The Morgan fingerprint density at radius 2 is 2.19 bits per heavy atom.